The van der Waals surface area contributed by atoms with E-state index >= 15 is 0 Å². The Bertz CT molecular complexity index is 921. The van der Waals surface area contributed by atoms with E-state index < -0.39 is 10.0 Å². The number of rotatable bonds is 2. The molecule has 3 rings (SSSR count). The van der Waals surface area contributed by atoms with Gasteiger partial charge in [-0.15, -0.1) is 0 Å². The highest BCUT2D eigenvalue weighted by atomic mass is 32.2. The number of fused-ring (bicyclic) bond motifs is 1. The summed E-state index contributed by atoms with van der Waals surface area (Å²) in [5, 5.41) is 8.73. The van der Waals surface area contributed by atoms with Gasteiger partial charge in [-0.2, -0.15) is 5.26 Å². The molecule has 0 spiro atoms. The lowest BCUT2D eigenvalue weighted by molar-refractivity contribution is 0.588. The quantitative estimate of drug-likeness (QED) is 0.712. The van der Waals surface area contributed by atoms with Crippen LogP contribution in [-0.2, 0) is 10.0 Å². The first-order chi connectivity index (χ1) is 9.63. The van der Waals surface area contributed by atoms with Gasteiger partial charge in [0.15, 0.2) is 5.65 Å². The third-order valence-corrected chi connectivity index (χ3v) is 4.51. The molecule has 2 aromatic heterocycles. The molecule has 0 bridgehead atoms. The number of imidazole rings is 1. The fourth-order valence-electron chi connectivity index (χ4n) is 1.84. The van der Waals surface area contributed by atoms with Crippen LogP contribution in [0.2, 0.25) is 0 Å². The molecule has 7 heteroatoms. The van der Waals surface area contributed by atoms with Crippen LogP contribution in [0.25, 0.3) is 11.2 Å². The third kappa shape index (κ3) is 1.83. The second-order valence-electron chi connectivity index (χ2n) is 4.03. The molecule has 20 heavy (non-hydrogen) atoms. The second kappa shape index (κ2) is 4.43. The van der Waals surface area contributed by atoms with Crippen LogP contribution in [-0.4, -0.2) is 22.4 Å². The van der Waals surface area contributed by atoms with Crippen molar-refractivity contribution in [3.63, 3.8) is 0 Å². The number of pyridine rings is 1. The van der Waals surface area contributed by atoms with Gasteiger partial charge < -0.3 is 0 Å². The average Bonchev–Trinajstić information content (AvgIpc) is 2.92. The van der Waals surface area contributed by atoms with Crippen LogP contribution in [0.3, 0.4) is 0 Å². The van der Waals surface area contributed by atoms with Crippen LogP contribution >= 0.6 is 0 Å². The predicted molar refractivity (Wildman–Crippen MR) is 71.3 cm³/mol. The second-order valence-corrected chi connectivity index (χ2v) is 5.84. The first-order valence-corrected chi connectivity index (χ1v) is 7.11. The van der Waals surface area contributed by atoms with Crippen LogP contribution in [0.5, 0.6) is 0 Å². The molecule has 6 nitrogen and oxygen atoms in total. The molecule has 0 unspecified atom stereocenters. The Kier molecular flexibility index (Phi) is 2.73. The van der Waals surface area contributed by atoms with Crippen molar-refractivity contribution in [2.24, 2.45) is 0 Å². The van der Waals surface area contributed by atoms with Gasteiger partial charge in [-0.1, -0.05) is 0 Å². The number of aromatic nitrogens is 3. The Balaban J connectivity index is 2.18. The minimum absolute atomic E-state index is 0.0969. The minimum Gasteiger partial charge on any atom is -0.235 e. The molecule has 3 aromatic rings. The van der Waals surface area contributed by atoms with Gasteiger partial charge in [-0.25, -0.2) is 22.4 Å². The molecule has 0 aliphatic rings. The molecule has 0 atom stereocenters. The van der Waals surface area contributed by atoms with E-state index in [1.54, 1.807) is 18.3 Å². The fourth-order valence-corrected chi connectivity index (χ4v) is 3.12. The van der Waals surface area contributed by atoms with E-state index in [2.05, 4.69) is 9.97 Å². The van der Waals surface area contributed by atoms with Crippen LogP contribution < -0.4 is 0 Å². The maximum Gasteiger partial charge on any atom is 0.269 e. The van der Waals surface area contributed by atoms with E-state index in [9.17, 15) is 8.42 Å². The molecule has 0 aliphatic heterocycles. The Morgan fingerprint density at radius 3 is 2.55 bits per heavy atom. The van der Waals surface area contributed by atoms with Crippen LogP contribution in [0.1, 0.15) is 5.56 Å². The third-order valence-electron chi connectivity index (χ3n) is 2.83. The zero-order chi connectivity index (χ0) is 14.2. The molecule has 0 saturated carbocycles. The lowest BCUT2D eigenvalue weighted by Crippen LogP contribution is -2.11. The lowest BCUT2D eigenvalue weighted by atomic mass is 10.2. The van der Waals surface area contributed by atoms with Gasteiger partial charge in [-0.3, -0.25) is 0 Å². The summed E-state index contributed by atoms with van der Waals surface area (Å²) in [4.78, 5) is 8.06. The van der Waals surface area contributed by atoms with E-state index in [-0.39, 0.29) is 4.90 Å². The molecule has 0 N–H and O–H groups in total. The van der Waals surface area contributed by atoms with Crippen LogP contribution in [0.15, 0.2) is 53.8 Å². The highest BCUT2D eigenvalue weighted by molar-refractivity contribution is 7.90. The maximum atomic E-state index is 12.5. The van der Waals surface area contributed by atoms with Crippen molar-refractivity contribution in [1.29, 1.82) is 5.26 Å². The SMILES string of the molecule is N#Cc1ccc(S(=O)(=O)n2cnc3ncccc32)cc1. The van der Waals surface area contributed by atoms with Gasteiger partial charge in [0.25, 0.3) is 10.0 Å². The zero-order valence-corrected chi connectivity index (χ0v) is 10.9. The Labute approximate surface area is 115 Å². The number of nitrogens with zero attached hydrogens (tertiary/aromatic N) is 4. The van der Waals surface area contributed by atoms with Gasteiger partial charge in [0, 0.05) is 6.20 Å². The monoisotopic (exact) mass is 284 g/mol. The number of nitriles is 1. The van der Waals surface area contributed by atoms with Crippen LogP contribution in [0.4, 0.5) is 0 Å². The first kappa shape index (κ1) is 12.3. The Morgan fingerprint density at radius 2 is 1.85 bits per heavy atom. The minimum atomic E-state index is -3.74. The van der Waals surface area contributed by atoms with E-state index in [0.29, 0.717) is 16.7 Å². The van der Waals surface area contributed by atoms with Crippen LogP contribution in [0, 0.1) is 11.3 Å². The topological polar surface area (TPSA) is 88.6 Å². The standard InChI is InChI=1S/C13H8N4O2S/c14-8-10-3-5-11(6-4-10)20(18,19)17-9-16-13-12(17)2-1-7-15-13/h1-7,9H. The number of hydrogen-bond acceptors (Lipinski definition) is 5. The van der Waals surface area contributed by atoms with E-state index in [1.807, 2.05) is 6.07 Å². The van der Waals surface area contributed by atoms with E-state index in [4.69, 9.17) is 5.26 Å². The highest BCUT2D eigenvalue weighted by Gasteiger charge is 2.19. The Hall–Kier alpha value is -2.72. The highest BCUT2D eigenvalue weighted by Crippen LogP contribution is 2.19. The predicted octanol–water partition coefficient (Wildman–Crippen LogP) is 1.54. The van der Waals surface area contributed by atoms with Crippen molar-refractivity contribution in [1.82, 2.24) is 13.9 Å². The van der Waals surface area contributed by atoms with Gasteiger partial charge in [0.2, 0.25) is 0 Å². The molecule has 98 valence electrons. The molecule has 2 heterocycles. The van der Waals surface area contributed by atoms with Gasteiger partial charge in [0.1, 0.15) is 11.8 Å². The maximum absolute atomic E-state index is 12.5. The average molecular weight is 284 g/mol. The largest absolute Gasteiger partial charge is 0.269 e. The summed E-state index contributed by atoms with van der Waals surface area (Å²) in [6, 6.07) is 11.0. The summed E-state index contributed by atoms with van der Waals surface area (Å²) >= 11 is 0. The van der Waals surface area contributed by atoms with Crippen molar-refractivity contribution in [2.45, 2.75) is 4.90 Å². The molecule has 0 fully saturated rings. The van der Waals surface area contributed by atoms with Gasteiger partial charge in [0.05, 0.1) is 16.5 Å². The summed E-state index contributed by atoms with van der Waals surface area (Å²) in [5.41, 5.74) is 1.18. The smallest absolute Gasteiger partial charge is 0.235 e. The molecular weight excluding hydrogens is 276 g/mol. The van der Waals surface area contributed by atoms with E-state index in [1.165, 1.54) is 30.6 Å². The van der Waals surface area contributed by atoms with Gasteiger partial charge >= 0.3 is 0 Å². The molecule has 0 aliphatic carbocycles. The molecule has 0 saturated heterocycles. The van der Waals surface area contributed by atoms with Crippen molar-refractivity contribution in [3.05, 3.63) is 54.5 Å². The zero-order valence-electron chi connectivity index (χ0n) is 10.1. The normalized spacial score (nSPS) is 11.3. The summed E-state index contributed by atoms with van der Waals surface area (Å²) in [5.74, 6) is 0. The lowest BCUT2D eigenvalue weighted by Gasteiger charge is -2.06. The van der Waals surface area contributed by atoms with Crippen molar-refractivity contribution >= 4 is 21.2 Å². The van der Waals surface area contributed by atoms with Crippen molar-refractivity contribution < 1.29 is 8.42 Å². The Morgan fingerprint density at radius 1 is 1.10 bits per heavy atom. The summed E-state index contributed by atoms with van der Waals surface area (Å²) in [6.07, 6.45) is 2.78. The first-order valence-electron chi connectivity index (χ1n) is 5.67. The van der Waals surface area contributed by atoms with Crippen molar-refractivity contribution in [3.8, 4) is 6.07 Å². The van der Waals surface area contributed by atoms with Crippen molar-refractivity contribution in [2.75, 3.05) is 0 Å². The summed E-state index contributed by atoms with van der Waals surface area (Å²) in [6.45, 7) is 0. The number of hydrogen-bond donors (Lipinski definition) is 0. The summed E-state index contributed by atoms with van der Waals surface area (Å²) in [7, 11) is -3.74. The number of benzene rings is 1. The molecular formula is C13H8N4O2S. The summed E-state index contributed by atoms with van der Waals surface area (Å²) < 4.78 is 26.1. The molecule has 0 amide bonds. The van der Waals surface area contributed by atoms with Gasteiger partial charge in [-0.05, 0) is 36.4 Å². The molecule has 1 aromatic carbocycles. The molecule has 0 radical (unpaired) electrons. The van der Waals surface area contributed by atoms with E-state index in [0.717, 1.165) is 3.97 Å². The fraction of sp³-hybridized carbons (Fsp3) is 0.